The van der Waals surface area contributed by atoms with Crippen LogP contribution in [0.1, 0.15) is 19.3 Å². The Bertz CT molecular complexity index is 721. The molecule has 1 amide bonds. The third-order valence-electron chi connectivity index (χ3n) is 4.96. The average Bonchev–Trinajstić information content (AvgIpc) is 2.91. The Balaban J connectivity index is 0.00000169. The molecule has 4 rings (SSSR count). The third-order valence-corrected chi connectivity index (χ3v) is 4.96. The largest absolute Gasteiger partial charge is 0.484 e. The molecule has 1 N–H and O–H groups in total. The van der Waals surface area contributed by atoms with Gasteiger partial charge in [-0.3, -0.25) is 4.79 Å². The molecular weight excluding hydrogens is 324 g/mol. The molecule has 0 aliphatic carbocycles. The van der Waals surface area contributed by atoms with Gasteiger partial charge in [-0.05, 0) is 42.2 Å². The van der Waals surface area contributed by atoms with Crippen molar-refractivity contribution >= 4 is 29.1 Å². The molecule has 4 nitrogen and oxygen atoms in total. The molecule has 2 aromatic rings. The maximum Gasteiger partial charge on any atom is 0.260 e. The van der Waals surface area contributed by atoms with Crippen LogP contribution in [-0.2, 0) is 4.79 Å². The number of fused-ring (bicyclic) bond motifs is 3. The van der Waals surface area contributed by atoms with Gasteiger partial charge >= 0.3 is 0 Å². The molecule has 0 aromatic heterocycles. The second-order valence-corrected chi connectivity index (χ2v) is 6.56. The Kier molecular flexibility index (Phi) is 5.27. The molecular formula is C19H23ClN2O2. The molecule has 2 bridgehead atoms. The topological polar surface area (TPSA) is 41.6 Å². The monoisotopic (exact) mass is 346 g/mol. The van der Waals surface area contributed by atoms with E-state index < -0.39 is 0 Å². The number of halogens is 1. The normalized spacial score (nSPS) is 22.8. The van der Waals surface area contributed by atoms with Gasteiger partial charge in [-0.2, -0.15) is 0 Å². The summed E-state index contributed by atoms with van der Waals surface area (Å²) in [5.74, 6) is 0.846. The minimum atomic E-state index is 0. The molecule has 2 fully saturated rings. The van der Waals surface area contributed by atoms with E-state index in [4.69, 9.17) is 4.74 Å². The molecule has 5 heteroatoms. The molecule has 2 aromatic carbocycles. The number of ether oxygens (including phenoxy) is 1. The zero-order valence-corrected chi connectivity index (χ0v) is 14.4. The van der Waals surface area contributed by atoms with Crippen molar-refractivity contribution in [2.75, 3.05) is 19.7 Å². The number of rotatable bonds is 3. The van der Waals surface area contributed by atoms with Gasteiger partial charge in [-0.25, -0.2) is 0 Å². The van der Waals surface area contributed by atoms with Crippen LogP contribution in [0.4, 0.5) is 0 Å². The standard InChI is InChI=1S/C19H22N2O2.ClH/c22-19(21-10-9-16-6-7-17(12-21)20-16)13-23-18-8-5-14-3-1-2-4-15(14)11-18;/h1-5,8,11,16-17,20H,6-7,9-10,12-13H2;1H. The smallest absolute Gasteiger partial charge is 0.260 e. The molecule has 2 saturated heterocycles. The SMILES string of the molecule is Cl.O=C(COc1ccc2ccccc2c1)N1CCC2CCC(C1)N2. The van der Waals surface area contributed by atoms with Crippen molar-refractivity contribution < 1.29 is 9.53 Å². The van der Waals surface area contributed by atoms with E-state index in [1.54, 1.807) is 0 Å². The van der Waals surface area contributed by atoms with Crippen molar-refractivity contribution in [2.24, 2.45) is 0 Å². The molecule has 128 valence electrons. The van der Waals surface area contributed by atoms with Gasteiger partial charge in [0.2, 0.25) is 0 Å². The molecule has 2 unspecified atom stereocenters. The first-order valence-electron chi connectivity index (χ1n) is 8.43. The van der Waals surface area contributed by atoms with Crippen LogP contribution in [0.2, 0.25) is 0 Å². The van der Waals surface area contributed by atoms with Gasteiger partial charge in [0, 0.05) is 25.2 Å². The van der Waals surface area contributed by atoms with Gasteiger partial charge in [0.25, 0.3) is 5.91 Å². The maximum atomic E-state index is 12.4. The number of carbonyl (C=O) groups excluding carboxylic acids is 1. The number of benzene rings is 2. The van der Waals surface area contributed by atoms with Gasteiger partial charge in [0.15, 0.2) is 6.61 Å². The van der Waals surface area contributed by atoms with E-state index in [0.717, 1.165) is 30.6 Å². The van der Waals surface area contributed by atoms with E-state index in [2.05, 4.69) is 17.4 Å². The van der Waals surface area contributed by atoms with Crippen molar-refractivity contribution in [1.29, 1.82) is 0 Å². The number of hydrogen-bond donors (Lipinski definition) is 1. The van der Waals surface area contributed by atoms with Crippen LogP contribution in [-0.4, -0.2) is 42.6 Å². The van der Waals surface area contributed by atoms with Crippen LogP contribution >= 0.6 is 12.4 Å². The first kappa shape index (κ1) is 17.1. The van der Waals surface area contributed by atoms with E-state index in [1.165, 1.54) is 18.2 Å². The summed E-state index contributed by atoms with van der Waals surface area (Å²) in [4.78, 5) is 14.4. The first-order chi connectivity index (χ1) is 11.3. The molecule has 0 saturated carbocycles. The molecule has 2 aliphatic rings. The number of nitrogens with one attached hydrogen (secondary N) is 1. The fourth-order valence-electron chi connectivity index (χ4n) is 3.66. The van der Waals surface area contributed by atoms with Crippen molar-refractivity contribution in [3.8, 4) is 5.75 Å². The van der Waals surface area contributed by atoms with Crippen LogP contribution in [0.25, 0.3) is 10.8 Å². The summed E-state index contributed by atoms with van der Waals surface area (Å²) in [7, 11) is 0. The Labute approximate surface area is 148 Å². The highest BCUT2D eigenvalue weighted by atomic mass is 35.5. The van der Waals surface area contributed by atoms with E-state index in [9.17, 15) is 4.79 Å². The minimum absolute atomic E-state index is 0. The van der Waals surface area contributed by atoms with Crippen LogP contribution in [0.3, 0.4) is 0 Å². The number of carbonyl (C=O) groups is 1. The molecule has 0 spiro atoms. The van der Waals surface area contributed by atoms with Crippen LogP contribution < -0.4 is 10.1 Å². The molecule has 24 heavy (non-hydrogen) atoms. The number of likely N-dealkylation sites (tertiary alicyclic amines) is 1. The number of hydrogen-bond acceptors (Lipinski definition) is 3. The summed E-state index contributed by atoms with van der Waals surface area (Å²) in [6.45, 7) is 1.78. The number of nitrogens with zero attached hydrogens (tertiary/aromatic N) is 1. The molecule has 2 atom stereocenters. The Hall–Kier alpha value is -1.78. The van der Waals surface area contributed by atoms with Crippen LogP contribution in [0.5, 0.6) is 5.75 Å². The predicted octanol–water partition coefficient (Wildman–Crippen LogP) is 2.99. The zero-order chi connectivity index (χ0) is 15.6. The second kappa shape index (κ2) is 7.41. The lowest BCUT2D eigenvalue weighted by Crippen LogP contribution is -2.41. The number of amides is 1. The van der Waals surface area contributed by atoms with Crippen LogP contribution in [0.15, 0.2) is 42.5 Å². The molecule has 2 aliphatic heterocycles. The summed E-state index contributed by atoms with van der Waals surface area (Å²) < 4.78 is 5.74. The Morgan fingerprint density at radius 3 is 2.75 bits per heavy atom. The Morgan fingerprint density at radius 2 is 1.88 bits per heavy atom. The Morgan fingerprint density at radius 1 is 1.08 bits per heavy atom. The average molecular weight is 347 g/mol. The van der Waals surface area contributed by atoms with Gasteiger partial charge in [0.1, 0.15) is 5.75 Å². The fraction of sp³-hybridized carbons (Fsp3) is 0.421. The lowest BCUT2D eigenvalue weighted by Gasteiger charge is -2.24. The van der Waals surface area contributed by atoms with E-state index >= 15 is 0 Å². The minimum Gasteiger partial charge on any atom is -0.484 e. The highest BCUT2D eigenvalue weighted by Crippen LogP contribution is 2.22. The second-order valence-electron chi connectivity index (χ2n) is 6.56. The summed E-state index contributed by atoms with van der Waals surface area (Å²) >= 11 is 0. The quantitative estimate of drug-likeness (QED) is 0.929. The van der Waals surface area contributed by atoms with Crippen molar-refractivity contribution in [3.05, 3.63) is 42.5 Å². The van der Waals surface area contributed by atoms with E-state index in [1.807, 2.05) is 35.2 Å². The first-order valence-corrected chi connectivity index (χ1v) is 8.43. The van der Waals surface area contributed by atoms with Gasteiger partial charge in [0.05, 0.1) is 0 Å². The van der Waals surface area contributed by atoms with Crippen LogP contribution in [0, 0.1) is 0 Å². The van der Waals surface area contributed by atoms with E-state index in [-0.39, 0.29) is 24.9 Å². The third kappa shape index (κ3) is 3.65. The summed E-state index contributed by atoms with van der Waals surface area (Å²) in [5, 5.41) is 5.91. The van der Waals surface area contributed by atoms with E-state index in [0.29, 0.717) is 12.1 Å². The molecule has 2 heterocycles. The van der Waals surface area contributed by atoms with Crippen molar-refractivity contribution in [2.45, 2.75) is 31.3 Å². The highest BCUT2D eigenvalue weighted by molar-refractivity contribution is 5.85. The lowest BCUT2D eigenvalue weighted by molar-refractivity contribution is -0.133. The van der Waals surface area contributed by atoms with Crippen molar-refractivity contribution in [1.82, 2.24) is 10.2 Å². The fourth-order valence-corrected chi connectivity index (χ4v) is 3.66. The zero-order valence-electron chi connectivity index (χ0n) is 13.6. The van der Waals surface area contributed by atoms with Gasteiger partial charge < -0.3 is 15.0 Å². The lowest BCUT2D eigenvalue weighted by atomic mass is 10.1. The molecule has 0 radical (unpaired) electrons. The maximum absolute atomic E-state index is 12.4. The van der Waals surface area contributed by atoms with Gasteiger partial charge in [-0.15, -0.1) is 12.4 Å². The summed E-state index contributed by atoms with van der Waals surface area (Å²) in [6.07, 6.45) is 3.48. The highest BCUT2D eigenvalue weighted by Gasteiger charge is 2.31. The summed E-state index contributed by atoms with van der Waals surface area (Å²) in [6, 6.07) is 15.2. The summed E-state index contributed by atoms with van der Waals surface area (Å²) in [5.41, 5.74) is 0. The van der Waals surface area contributed by atoms with Crippen molar-refractivity contribution in [3.63, 3.8) is 0 Å². The predicted molar refractivity (Wildman–Crippen MR) is 97.8 cm³/mol. The van der Waals surface area contributed by atoms with Gasteiger partial charge in [-0.1, -0.05) is 30.3 Å².